The molecule has 3 aromatic rings. The molecule has 0 spiro atoms. The lowest BCUT2D eigenvalue weighted by atomic mass is 9.81. The van der Waals surface area contributed by atoms with Gasteiger partial charge in [-0.15, -0.1) is 0 Å². The zero-order valence-corrected chi connectivity index (χ0v) is 21.4. The minimum Gasteiger partial charge on any atom is -0.349 e. The van der Waals surface area contributed by atoms with E-state index >= 15 is 0 Å². The number of carbonyl (C=O) groups excluding carboxylic acids is 2. The first-order valence-corrected chi connectivity index (χ1v) is 13.5. The Morgan fingerprint density at radius 1 is 1.05 bits per heavy atom. The van der Waals surface area contributed by atoms with E-state index in [2.05, 4.69) is 30.7 Å². The predicted octanol–water partition coefficient (Wildman–Crippen LogP) is 4.03. The van der Waals surface area contributed by atoms with Gasteiger partial charge in [-0.05, 0) is 74.1 Å². The minimum absolute atomic E-state index is 0.0234. The molecule has 3 aliphatic carbocycles. The maximum Gasteiger partial charge on any atom is 0.276 e. The number of nitrogens with zero attached hydrogens (tertiary/aromatic N) is 5. The molecule has 3 heterocycles. The van der Waals surface area contributed by atoms with Crippen molar-refractivity contribution in [3.05, 3.63) is 41.1 Å². The number of carbonyl (C=O) groups is 2. The van der Waals surface area contributed by atoms with E-state index < -0.39 is 30.0 Å². The zero-order chi connectivity index (χ0) is 27.3. The molecule has 6 rings (SSSR count). The van der Waals surface area contributed by atoms with E-state index in [4.69, 9.17) is 4.98 Å². The second-order valence-corrected chi connectivity index (χ2v) is 11.1. The second kappa shape index (κ2) is 9.91. The van der Waals surface area contributed by atoms with Gasteiger partial charge in [0.1, 0.15) is 11.9 Å². The molecule has 0 unspecified atom stereocenters. The second-order valence-electron chi connectivity index (χ2n) is 11.1. The van der Waals surface area contributed by atoms with Crippen LogP contribution in [0.5, 0.6) is 0 Å². The van der Waals surface area contributed by atoms with Gasteiger partial charge in [0.15, 0.2) is 11.3 Å². The summed E-state index contributed by atoms with van der Waals surface area (Å²) in [6, 6.07) is 0.878. The van der Waals surface area contributed by atoms with Crippen molar-refractivity contribution in [2.75, 3.05) is 0 Å². The molecular formula is C26H30F3N7O3. The van der Waals surface area contributed by atoms with Gasteiger partial charge in [0.2, 0.25) is 11.8 Å². The number of hydrogen-bond acceptors (Lipinski definition) is 7. The summed E-state index contributed by atoms with van der Waals surface area (Å²) in [6.45, 7) is 1.59. The van der Waals surface area contributed by atoms with Gasteiger partial charge in [-0.1, -0.05) is 5.16 Å². The number of aryl methyl sites for hydroxylation is 1. The van der Waals surface area contributed by atoms with Crippen molar-refractivity contribution in [1.29, 1.82) is 0 Å². The Hall–Kier alpha value is -3.51. The number of aromatic nitrogens is 5. The average molecular weight is 546 g/mol. The Morgan fingerprint density at radius 2 is 1.79 bits per heavy atom. The van der Waals surface area contributed by atoms with E-state index in [9.17, 15) is 22.8 Å². The number of amides is 2. The molecular weight excluding hydrogens is 515 g/mol. The summed E-state index contributed by atoms with van der Waals surface area (Å²) in [7, 11) is 0. The van der Waals surface area contributed by atoms with Crippen LogP contribution >= 0.6 is 0 Å². The topological polar surface area (TPSA) is 127 Å². The zero-order valence-electron chi connectivity index (χ0n) is 21.4. The fourth-order valence-corrected chi connectivity index (χ4v) is 5.62. The maximum atomic E-state index is 13.9. The van der Waals surface area contributed by atoms with Gasteiger partial charge in [0.05, 0.1) is 36.1 Å². The molecule has 0 radical (unpaired) electrons. The number of fused-ring (bicyclic) bond motifs is 1. The molecule has 39 heavy (non-hydrogen) atoms. The molecule has 2 N–H and O–H groups in total. The number of alkyl halides is 3. The van der Waals surface area contributed by atoms with Gasteiger partial charge in [-0.25, -0.2) is 27.3 Å². The van der Waals surface area contributed by atoms with Crippen LogP contribution in [0, 0.1) is 24.7 Å². The lowest BCUT2D eigenvalue weighted by Gasteiger charge is -2.33. The molecule has 0 aromatic carbocycles. The van der Waals surface area contributed by atoms with E-state index in [0.29, 0.717) is 29.9 Å². The Kier molecular flexibility index (Phi) is 6.54. The van der Waals surface area contributed by atoms with Crippen molar-refractivity contribution in [2.24, 2.45) is 17.8 Å². The molecule has 0 bridgehead atoms. The van der Waals surface area contributed by atoms with Gasteiger partial charge in [-0.2, -0.15) is 5.10 Å². The summed E-state index contributed by atoms with van der Waals surface area (Å²) < 4.78 is 47.9. The SMILES string of the molecule is Cc1nonc1C(=O)N[C@H](c1cn2ncc([C@H](NC(=O)[C@H]3CC[C@@H]3F)C3CC3)cc2n1)C1CCC(F)(F)CC1. The highest BCUT2D eigenvalue weighted by molar-refractivity contribution is 5.93. The molecule has 0 aliphatic heterocycles. The van der Waals surface area contributed by atoms with Crippen molar-refractivity contribution in [2.45, 2.75) is 82.5 Å². The number of rotatable bonds is 8. The monoisotopic (exact) mass is 545 g/mol. The van der Waals surface area contributed by atoms with Crippen LogP contribution < -0.4 is 10.6 Å². The maximum absolute atomic E-state index is 13.9. The molecule has 10 nitrogen and oxygen atoms in total. The fraction of sp³-hybridized carbons (Fsp3) is 0.615. The molecule has 3 fully saturated rings. The predicted molar refractivity (Wildman–Crippen MR) is 130 cm³/mol. The number of hydrogen-bond donors (Lipinski definition) is 2. The first kappa shape index (κ1) is 25.8. The highest BCUT2D eigenvalue weighted by Gasteiger charge is 2.41. The summed E-state index contributed by atoms with van der Waals surface area (Å²) in [5.74, 6) is -4.15. The average Bonchev–Trinajstić information content (AvgIpc) is 3.50. The van der Waals surface area contributed by atoms with Gasteiger partial charge in [0, 0.05) is 12.8 Å². The molecule has 4 atom stereocenters. The van der Waals surface area contributed by atoms with Gasteiger partial charge >= 0.3 is 0 Å². The summed E-state index contributed by atoms with van der Waals surface area (Å²) in [5.41, 5.74) is 2.09. The van der Waals surface area contributed by atoms with Crippen LogP contribution in [-0.2, 0) is 4.79 Å². The van der Waals surface area contributed by atoms with Crippen LogP contribution in [0.2, 0.25) is 0 Å². The van der Waals surface area contributed by atoms with Gasteiger partial charge in [-0.3, -0.25) is 9.59 Å². The van der Waals surface area contributed by atoms with Crippen LogP contribution in [0.15, 0.2) is 23.1 Å². The quantitative estimate of drug-likeness (QED) is 0.438. The van der Waals surface area contributed by atoms with Gasteiger partial charge < -0.3 is 10.6 Å². The van der Waals surface area contributed by atoms with Crippen LogP contribution in [0.4, 0.5) is 13.2 Å². The number of imidazole rings is 1. The first-order valence-electron chi connectivity index (χ1n) is 13.5. The largest absolute Gasteiger partial charge is 0.349 e. The third kappa shape index (κ3) is 5.22. The number of halogens is 3. The normalized spacial score (nSPS) is 24.6. The third-order valence-corrected chi connectivity index (χ3v) is 8.34. The molecule has 208 valence electrons. The van der Waals surface area contributed by atoms with Crippen LogP contribution in [-0.4, -0.2) is 48.8 Å². The molecule has 3 saturated carbocycles. The Bertz CT molecular complexity index is 1380. The third-order valence-electron chi connectivity index (χ3n) is 8.34. The lowest BCUT2D eigenvalue weighted by molar-refractivity contribution is -0.131. The molecule has 13 heteroatoms. The van der Waals surface area contributed by atoms with Crippen molar-refractivity contribution in [1.82, 2.24) is 35.5 Å². The summed E-state index contributed by atoms with van der Waals surface area (Å²) >= 11 is 0. The summed E-state index contributed by atoms with van der Waals surface area (Å²) in [4.78, 5) is 30.4. The van der Waals surface area contributed by atoms with Crippen molar-refractivity contribution >= 4 is 17.5 Å². The molecule has 2 amide bonds. The van der Waals surface area contributed by atoms with Crippen LogP contribution in [0.1, 0.15) is 90.9 Å². The van der Waals surface area contributed by atoms with Crippen molar-refractivity contribution in [3.8, 4) is 0 Å². The van der Waals surface area contributed by atoms with E-state index in [1.54, 1.807) is 23.8 Å². The summed E-state index contributed by atoms with van der Waals surface area (Å²) in [5, 5.41) is 17.7. The van der Waals surface area contributed by atoms with E-state index in [-0.39, 0.29) is 55.2 Å². The molecule has 3 aromatic heterocycles. The number of nitrogens with one attached hydrogen (secondary N) is 2. The van der Waals surface area contributed by atoms with Crippen LogP contribution in [0.25, 0.3) is 5.65 Å². The molecule has 0 saturated heterocycles. The van der Waals surface area contributed by atoms with E-state index in [1.807, 2.05) is 6.07 Å². The van der Waals surface area contributed by atoms with Crippen molar-refractivity contribution in [3.63, 3.8) is 0 Å². The smallest absolute Gasteiger partial charge is 0.276 e. The highest BCUT2D eigenvalue weighted by atomic mass is 19.3. The Morgan fingerprint density at radius 3 is 2.41 bits per heavy atom. The Balaban J connectivity index is 1.27. The molecule has 3 aliphatic rings. The van der Waals surface area contributed by atoms with E-state index in [0.717, 1.165) is 18.4 Å². The first-order chi connectivity index (χ1) is 18.7. The van der Waals surface area contributed by atoms with Crippen LogP contribution in [0.3, 0.4) is 0 Å². The fourth-order valence-electron chi connectivity index (χ4n) is 5.62. The van der Waals surface area contributed by atoms with E-state index in [1.165, 1.54) is 0 Å². The lowest BCUT2D eigenvalue weighted by Crippen LogP contribution is -2.43. The Labute approximate surface area is 222 Å². The minimum atomic E-state index is -2.73. The summed E-state index contributed by atoms with van der Waals surface area (Å²) in [6.07, 6.45) is 5.01. The van der Waals surface area contributed by atoms with Crippen molar-refractivity contribution < 1.29 is 27.4 Å². The van der Waals surface area contributed by atoms with Gasteiger partial charge in [0.25, 0.3) is 5.91 Å². The highest BCUT2D eigenvalue weighted by Crippen LogP contribution is 2.43. The standard InChI is InChI=1S/C26H30F3N7O3/c1-13-21(35-39-34-13)25(38)33-23(15-6-8-26(28,29)9-7-15)19-12-36-20(31-19)10-16(11-30-36)22(14-2-3-14)32-24(37)17-4-5-18(17)27/h10-12,14-15,17-18,22-23H,2-9H2,1H3,(H,32,37)(H,33,38)/t17-,18-,22+,23-/m0/s1.